The third-order valence-electron chi connectivity index (χ3n) is 6.07. The Morgan fingerprint density at radius 2 is 1.94 bits per heavy atom. The minimum atomic E-state index is -0.739. The summed E-state index contributed by atoms with van der Waals surface area (Å²) in [5.74, 6) is -0.587. The third kappa shape index (κ3) is 5.14. The Bertz CT molecular complexity index is 912. The number of aliphatic hydroxyl groups is 2. The molecule has 4 unspecified atom stereocenters. The first-order chi connectivity index (χ1) is 14.7. The number of aryl methyl sites for hydroxylation is 1. The molecule has 8 heteroatoms. The van der Waals surface area contributed by atoms with E-state index in [0.717, 1.165) is 21.7 Å². The zero-order valence-electron chi connectivity index (χ0n) is 18.4. The summed E-state index contributed by atoms with van der Waals surface area (Å²) in [4.78, 5) is 32.7. The van der Waals surface area contributed by atoms with E-state index in [-0.39, 0.29) is 43.2 Å². The van der Waals surface area contributed by atoms with Crippen molar-refractivity contribution in [2.45, 2.75) is 52.3 Å². The number of thiazole rings is 1. The molecule has 0 spiro atoms. The van der Waals surface area contributed by atoms with Crippen molar-refractivity contribution in [2.24, 2.45) is 11.8 Å². The summed E-state index contributed by atoms with van der Waals surface area (Å²) < 4.78 is 0. The Hall–Kier alpha value is -2.29. The number of amides is 2. The zero-order chi connectivity index (χ0) is 22.7. The maximum absolute atomic E-state index is 13.0. The molecule has 3 rings (SSSR count). The van der Waals surface area contributed by atoms with E-state index in [1.807, 2.05) is 52.0 Å². The number of aliphatic hydroxyl groups excluding tert-OH is 2. The number of nitrogens with one attached hydrogen (secondary N) is 1. The quantitative estimate of drug-likeness (QED) is 0.608. The van der Waals surface area contributed by atoms with E-state index < -0.39 is 18.2 Å². The van der Waals surface area contributed by atoms with Crippen LogP contribution in [0.4, 0.5) is 0 Å². The summed E-state index contributed by atoms with van der Waals surface area (Å²) in [6.07, 6.45) is -0.530. The molecule has 1 aromatic heterocycles. The molecule has 0 radical (unpaired) electrons. The van der Waals surface area contributed by atoms with Crippen LogP contribution in [0.25, 0.3) is 10.4 Å². The summed E-state index contributed by atoms with van der Waals surface area (Å²) in [5.41, 5.74) is 4.57. The van der Waals surface area contributed by atoms with Gasteiger partial charge in [0.15, 0.2) is 0 Å². The number of hydrogen-bond acceptors (Lipinski definition) is 6. The Morgan fingerprint density at radius 3 is 2.48 bits per heavy atom. The molecule has 7 nitrogen and oxygen atoms in total. The van der Waals surface area contributed by atoms with Crippen LogP contribution in [0.2, 0.25) is 0 Å². The molecule has 168 valence electrons. The number of hydrogen-bond donors (Lipinski definition) is 3. The average Bonchev–Trinajstić information content (AvgIpc) is 3.36. The Labute approximate surface area is 187 Å². The second-order valence-electron chi connectivity index (χ2n) is 8.56. The lowest BCUT2D eigenvalue weighted by Gasteiger charge is -2.29. The molecule has 2 heterocycles. The standard InChI is InChI=1S/C23H31N3O4S/c1-13(2)14(3)23(30)26-10-18(28)9-20(26)22(29)25-19(11-27)16-5-7-17(8-6-16)21-15(4)24-12-31-21/h5-8,12-14,18-20,27-28H,9-11H2,1-4H3,(H,25,29). The van der Waals surface area contributed by atoms with E-state index in [2.05, 4.69) is 10.3 Å². The van der Waals surface area contributed by atoms with Crippen molar-refractivity contribution < 1.29 is 19.8 Å². The molecule has 1 aliphatic heterocycles. The number of carbonyl (C=O) groups is 2. The lowest BCUT2D eigenvalue weighted by Crippen LogP contribution is -2.49. The minimum Gasteiger partial charge on any atom is -0.394 e. The van der Waals surface area contributed by atoms with E-state index >= 15 is 0 Å². The van der Waals surface area contributed by atoms with Crippen LogP contribution >= 0.6 is 11.3 Å². The summed E-state index contributed by atoms with van der Waals surface area (Å²) in [6, 6.07) is 6.32. The van der Waals surface area contributed by atoms with Crippen molar-refractivity contribution in [1.29, 1.82) is 0 Å². The van der Waals surface area contributed by atoms with Gasteiger partial charge in [0.1, 0.15) is 6.04 Å². The first kappa shape index (κ1) is 23.4. The normalized spacial score (nSPS) is 20.7. The molecule has 31 heavy (non-hydrogen) atoms. The Kier molecular flexibility index (Phi) is 7.46. The molecule has 0 bridgehead atoms. The van der Waals surface area contributed by atoms with Crippen LogP contribution in [0.3, 0.4) is 0 Å². The van der Waals surface area contributed by atoms with Crippen LogP contribution < -0.4 is 5.32 Å². The molecule has 3 N–H and O–H groups in total. The minimum absolute atomic E-state index is 0.128. The number of benzene rings is 1. The molecular formula is C23H31N3O4S. The van der Waals surface area contributed by atoms with E-state index in [1.54, 1.807) is 16.8 Å². The summed E-state index contributed by atoms with van der Waals surface area (Å²) in [7, 11) is 0. The van der Waals surface area contributed by atoms with E-state index in [9.17, 15) is 19.8 Å². The fourth-order valence-corrected chi connectivity index (χ4v) is 4.61. The highest BCUT2D eigenvalue weighted by atomic mass is 32.1. The van der Waals surface area contributed by atoms with Gasteiger partial charge in [-0.1, -0.05) is 45.0 Å². The molecule has 1 aliphatic rings. The zero-order valence-corrected chi connectivity index (χ0v) is 19.2. The number of nitrogens with zero attached hydrogens (tertiary/aromatic N) is 2. The highest BCUT2D eigenvalue weighted by Crippen LogP contribution is 2.29. The van der Waals surface area contributed by atoms with Gasteiger partial charge in [-0.05, 0) is 24.0 Å². The van der Waals surface area contributed by atoms with Crippen molar-refractivity contribution in [1.82, 2.24) is 15.2 Å². The highest BCUT2D eigenvalue weighted by Gasteiger charge is 2.41. The number of rotatable bonds is 7. The van der Waals surface area contributed by atoms with Crippen molar-refractivity contribution in [2.75, 3.05) is 13.2 Å². The molecule has 0 saturated carbocycles. The molecule has 0 aliphatic carbocycles. The molecule has 2 aromatic rings. The maximum atomic E-state index is 13.0. The largest absolute Gasteiger partial charge is 0.394 e. The molecular weight excluding hydrogens is 414 g/mol. The second-order valence-corrected chi connectivity index (χ2v) is 9.42. The average molecular weight is 446 g/mol. The number of β-amino-alcohol motifs (C(OH)–C–C–N with tert-alkyl or cyclic N) is 1. The predicted molar refractivity (Wildman–Crippen MR) is 120 cm³/mol. The van der Waals surface area contributed by atoms with Gasteiger partial charge >= 0.3 is 0 Å². The molecule has 4 atom stereocenters. The van der Waals surface area contributed by atoms with Crippen LogP contribution in [0.1, 0.15) is 44.5 Å². The molecule has 1 saturated heterocycles. The number of likely N-dealkylation sites (tertiary alicyclic amines) is 1. The van der Waals surface area contributed by atoms with Gasteiger partial charge in [-0.15, -0.1) is 11.3 Å². The maximum Gasteiger partial charge on any atom is 0.243 e. The van der Waals surface area contributed by atoms with Crippen LogP contribution in [0.5, 0.6) is 0 Å². The van der Waals surface area contributed by atoms with Gasteiger partial charge in [0.2, 0.25) is 11.8 Å². The first-order valence-corrected chi connectivity index (χ1v) is 11.5. The lowest BCUT2D eigenvalue weighted by molar-refractivity contribution is -0.142. The fourth-order valence-electron chi connectivity index (χ4n) is 3.80. The first-order valence-electron chi connectivity index (χ1n) is 10.6. The smallest absolute Gasteiger partial charge is 0.243 e. The number of carbonyl (C=O) groups excluding carboxylic acids is 2. The van der Waals surface area contributed by atoms with Gasteiger partial charge < -0.3 is 20.4 Å². The molecule has 1 aromatic carbocycles. The van der Waals surface area contributed by atoms with Gasteiger partial charge in [-0.3, -0.25) is 9.59 Å². The third-order valence-corrected chi connectivity index (χ3v) is 7.05. The Morgan fingerprint density at radius 1 is 1.26 bits per heavy atom. The fraction of sp³-hybridized carbons (Fsp3) is 0.522. The van der Waals surface area contributed by atoms with Crippen molar-refractivity contribution in [3.8, 4) is 10.4 Å². The van der Waals surface area contributed by atoms with Crippen LogP contribution in [0, 0.1) is 18.8 Å². The summed E-state index contributed by atoms with van der Waals surface area (Å²) >= 11 is 1.57. The van der Waals surface area contributed by atoms with Crippen LogP contribution in [0.15, 0.2) is 29.8 Å². The van der Waals surface area contributed by atoms with Gasteiger partial charge in [-0.2, -0.15) is 0 Å². The SMILES string of the molecule is Cc1ncsc1-c1ccc(C(CO)NC(=O)C2CC(O)CN2C(=O)C(C)C(C)C)cc1. The van der Waals surface area contributed by atoms with Gasteiger partial charge in [-0.25, -0.2) is 4.98 Å². The monoisotopic (exact) mass is 445 g/mol. The summed E-state index contributed by atoms with van der Waals surface area (Å²) in [5, 5.41) is 22.9. The van der Waals surface area contributed by atoms with Gasteiger partial charge in [0, 0.05) is 18.9 Å². The topological polar surface area (TPSA) is 103 Å². The van der Waals surface area contributed by atoms with Crippen LogP contribution in [-0.2, 0) is 9.59 Å². The van der Waals surface area contributed by atoms with Crippen LogP contribution in [-0.4, -0.2) is 57.2 Å². The summed E-state index contributed by atoms with van der Waals surface area (Å²) in [6.45, 7) is 7.61. The van der Waals surface area contributed by atoms with E-state index in [0.29, 0.717) is 0 Å². The lowest BCUT2D eigenvalue weighted by atomic mass is 9.96. The Balaban J connectivity index is 1.72. The van der Waals surface area contributed by atoms with E-state index in [1.165, 1.54) is 4.90 Å². The van der Waals surface area contributed by atoms with Crippen molar-refractivity contribution in [3.05, 3.63) is 41.0 Å². The van der Waals surface area contributed by atoms with Crippen molar-refractivity contribution >= 4 is 23.2 Å². The second kappa shape index (κ2) is 9.89. The number of aromatic nitrogens is 1. The van der Waals surface area contributed by atoms with Gasteiger partial charge in [0.25, 0.3) is 0 Å². The predicted octanol–water partition coefficient (Wildman–Crippen LogP) is 2.52. The van der Waals surface area contributed by atoms with Crippen molar-refractivity contribution in [3.63, 3.8) is 0 Å². The van der Waals surface area contributed by atoms with E-state index in [4.69, 9.17) is 0 Å². The highest BCUT2D eigenvalue weighted by molar-refractivity contribution is 7.13. The van der Waals surface area contributed by atoms with Gasteiger partial charge in [0.05, 0.1) is 34.8 Å². The molecule has 2 amide bonds. The molecule has 1 fully saturated rings.